The fourth-order valence-corrected chi connectivity index (χ4v) is 9.32. The Balaban J connectivity index is 1.06. The lowest BCUT2D eigenvalue weighted by Gasteiger charge is -2.26. The van der Waals surface area contributed by atoms with Gasteiger partial charge in [0.05, 0.1) is 28.3 Å². The van der Waals surface area contributed by atoms with Crippen LogP contribution in [0.3, 0.4) is 0 Å². The summed E-state index contributed by atoms with van der Waals surface area (Å²) in [5, 5.41) is 7.24. The van der Waals surface area contributed by atoms with Crippen LogP contribution in [0.1, 0.15) is 6.85 Å². The summed E-state index contributed by atoms with van der Waals surface area (Å²) in [7, 11) is 0. The van der Waals surface area contributed by atoms with E-state index in [1.807, 2.05) is 24.3 Å². The minimum absolute atomic E-state index is 0.187. The number of hydrogen-bond donors (Lipinski definition) is 0. The third-order valence-electron chi connectivity index (χ3n) is 10.7. The molecule has 11 rings (SSSR count). The molecule has 0 radical (unpaired) electrons. The monoisotopic (exact) mass is 723 g/mol. The second-order valence-electron chi connectivity index (χ2n) is 13.8. The predicted molar refractivity (Wildman–Crippen MR) is 237 cm³/mol. The number of benzene rings is 9. The number of fused-ring (bicyclic) bond motifs is 8. The third kappa shape index (κ3) is 5.24. The second-order valence-corrected chi connectivity index (χ2v) is 14.8. The van der Waals surface area contributed by atoms with Crippen molar-refractivity contribution in [3.05, 3.63) is 206 Å². The smallest absolute Gasteiger partial charge is 0.0640 e. The molecule has 0 aliphatic carbocycles. The Morgan fingerprint density at radius 3 is 1.87 bits per heavy atom. The molecule has 9 aromatic carbocycles. The number of nitrogens with zero attached hydrogens (tertiary/aromatic N) is 2. The maximum Gasteiger partial charge on any atom is 0.0640 e. The Hall–Kier alpha value is -6.94. The lowest BCUT2D eigenvalue weighted by Crippen LogP contribution is -2.10. The number of thiophene rings is 1. The summed E-state index contributed by atoms with van der Waals surface area (Å²) >= 11 is 1.76. The Morgan fingerprint density at radius 2 is 1.09 bits per heavy atom. The van der Waals surface area contributed by atoms with Crippen LogP contribution in [0.25, 0.3) is 80.7 Å². The molecule has 55 heavy (non-hydrogen) atoms. The molecule has 0 saturated carbocycles. The summed E-state index contributed by atoms with van der Waals surface area (Å²) in [6.07, 6.45) is 0. The first-order valence-corrected chi connectivity index (χ1v) is 19.2. The van der Waals surface area contributed by atoms with Gasteiger partial charge in [0.1, 0.15) is 0 Å². The first-order valence-electron chi connectivity index (χ1n) is 20.9. The molecule has 0 amide bonds. The van der Waals surface area contributed by atoms with Gasteiger partial charge in [-0.25, -0.2) is 0 Å². The Kier molecular flexibility index (Phi) is 6.27. The van der Waals surface area contributed by atoms with Gasteiger partial charge in [-0.2, -0.15) is 0 Å². The standard InChI is InChI=1S/C52H34N2S/c1-3-12-35(13-4-1)36-22-28-41(29-23-36)53(48-20-11-19-47-45-18-9-10-21-50(45)55-52(47)48)42-30-24-37(25-31-42)39-27-32-44-46-33-26-38-14-7-8-17-43(38)51(46)54(49(44)34-39)40-15-5-2-6-16-40/h1-34H/i1D,3D,4D,12D,13D. The number of rotatable bonds is 6. The maximum absolute atomic E-state index is 8.59. The normalized spacial score (nSPS) is 12.9. The van der Waals surface area contributed by atoms with E-state index in [0.717, 1.165) is 44.1 Å². The molecule has 2 aromatic heterocycles. The van der Waals surface area contributed by atoms with E-state index in [4.69, 9.17) is 6.85 Å². The molecular formula is C52H34N2S. The number of anilines is 3. The SMILES string of the molecule is [2H]c1c([2H])c([2H])c(-c2ccc(N(c3ccc(-c4ccc5c6ccc7ccccc7c6n(-c6ccccc6)c5c4)cc3)c3cccc4c3sc3ccccc34)cc2)c([2H])c1[2H]. The van der Waals surface area contributed by atoms with Crippen molar-refractivity contribution in [2.75, 3.05) is 4.90 Å². The number of hydrogen-bond acceptors (Lipinski definition) is 2. The molecule has 0 unspecified atom stereocenters. The first-order chi connectivity index (χ1) is 29.4. The van der Waals surface area contributed by atoms with Gasteiger partial charge in [-0.3, -0.25) is 0 Å². The molecule has 3 heteroatoms. The average Bonchev–Trinajstić information content (AvgIpc) is 3.85. The van der Waals surface area contributed by atoms with Crippen LogP contribution in [-0.2, 0) is 0 Å². The van der Waals surface area contributed by atoms with Crippen LogP contribution in [0.2, 0.25) is 0 Å². The molecule has 258 valence electrons. The highest BCUT2D eigenvalue weighted by atomic mass is 32.1. The molecule has 0 fully saturated rings. The molecule has 2 heterocycles. The van der Waals surface area contributed by atoms with E-state index in [1.165, 1.54) is 42.5 Å². The van der Waals surface area contributed by atoms with Crippen LogP contribution in [0.15, 0.2) is 206 Å². The highest BCUT2D eigenvalue weighted by Gasteiger charge is 2.19. The van der Waals surface area contributed by atoms with Crippen LogP contribution in [0.4, 0.5) is 17.1 Å². The Bertz CT molecular complexity index is 3450. The molecule has 11 aromatic rings. The van der Waals surface area contributed by atoms with E-state index < -0.39 is 6.04 Å². The lowest BCUT2D eigenvalue weighted by atomic mass is 10.0. The van der Waals surface area contributed by atoms with Crippen molar-refractivity contribution in [2.45, 2.75) is 0 Å². The van der Waals surface area contributed by atoms with E-state index in [1.54, 1.807) is 11.3 Å². The molecule has 0 spiro atoms. The van der Waals surface area contributed by atoms with E-state index in [9.17, 15) is 0 Å². The van der Waals surface area contributed by atoms with Crippen molar-refractivity contribution in [1.82, 2.24) is 4.57 Å². The fraction of sp³-hybridized carbons (Fsp3) is 0. The van der Waals surface area contributed by atoms with Crippen molar-refractivity contribution >= 4 is 81.1 Å². The zero-order valence-corrected chi connectivity index (χ0v) is 30.4. The van der Waals surface area contributed by atoms with Crippen LogP contribution in [0, 0.1) is 0 Å². The summed E-state index contributed by atoms with van der Waals surface area (Å²) in [6.45, 7) is 0. The fourth-order valence-electron chi connectivity index (χ4n) is 8.11. The zero-order valence-electron chi connectivity index (χ0n) is 34.5. The summed E-state index contributed by atoms with van der Waals surface area (Å²) < 4.78 is 46.5. The quantitative estimate of drug-likeness (QED) is 0.166. The second kappa shape index (κ2) is 12.9. The highest BCUT2D eigenvalue weighted by molar-refractivity contribution is 7.26. The highest BCUT2D eigenvalue weighted by Crippen LogP contribution is 2.45. The van der Waals surface area contributed by atoms with Gasteiger partial charge in [-0.15, -0.1) is 11.3 Å². The molecule has 0 N–H and O–H groups in total. The third-order valence-corrected chi connectivity index (χ3v) is 11.9. The van der Waals surface area contributed by atoms with Gasteiger partial charge in [0.25, 0.3) is 0 Å². The summed E-state index contributed by atoms with van der Waals surface area (Å²) in [5.74, 6) is 0. The maximum atomic E-state index is 8.59. The topological polar surface area (TPSA) is 8.17 Å². The number of para-hydroxylation sites is 1. The van der Waals surface area contributed by atoms with E-state index in [0.29, 0.717) is 5.56 Å². The number of aromatic nitrogens is 1. The van der Waals surface area contributed by atoms with Crippen molar-refractivity contribution in [1.29, 1.82) is 0 Å². The minimum atomic E-state index is -0.399. The molecule has 0 aliphatic rings. The van der Waals surface area contributed by atoms with Crippen LogP contribution >= 0.6 is 11.3 Å². The molecule has 2 nitrogen and oxygen atoms in total. The van der Waals surface area contributed by atoms with E-state index in [2.05, 4.69) is 161 Å². The van der Waals surface area contributed by atoms with Crippen molar-refractivity contribution < 1.29 is 6.85 Å². The van der Waals surface area contributed by atoms with Crippen molar-refractivity contribution in [3.8, 4) is 27.9 Å². The summed E-state index contributed by atoms with van der Waals surface area (Å²) in [4.78, 5) is 2.24. The first kappa shape index (κ1) is 26.8. The van der Waals surface area contributed by atoms with Crippen LogP contribution in [-0.4, -0.2) is 4.57 Å². The largest absolute Gasteiger partial charge is 0.309 e. The van der Waals surface area contributed by atoms with Crippen LogP contribution < -0.4 is 4.90 Å². The average molecular weight is 724 g/mol. The summed E-state index contributed by atoms with van der Waals surface area (Å²) in [6, 6.07) is 60.1. The Morgan fingerprint density at radius 1 is 0.455 bits per heavy atom. The van der Waals surface area contributed by atoms with Gasteiger partial charge >= 0.3 is 0 Å². The molecular weight excluding hydrogens is 685 g/mol. The van der Waals surface area contributed by atoms with Gasteiger partial charge in [-0.05, 0) is 82.2 Å². The van der Waals surface area contributed by atoms with Gasteiger partial charge in [0, 0.05) is 48.7 Å². The van der Waals surface area contributed by atoms with Gasteiger partial charge < -0.3 is 9.47 Å². The van der Waals surface area contributed by atoms with Gasteiger partial charge in [0.2, 0.25) is 0 Å². The molecule has 0 aliphatic heterocycles. The zero-order chi connectivity index (χ0) is 40.6. The van der Waals surface area contributed by atoms with Crippen molar-refractivity contribution in [3.63, 3.8) is 0 Å². The van der Waals surface area contributed by atoms with Crippen molar-refractivity contribution in [2.24, 2.45) is 0 Å². The Labute approximate surface area is 330 Å². The molecule has 0 bridgehead atoms. The minimum Gasteiger partial charge on any atom is -0.309 e. The lowest BCUT2D eigenvalue weighted by molar-refractivity contribution is 1.19. The van der Waals surface area contributed by atoms with E-state index >= 15 is 0 Å². The molecule has 0 atom stereocenters. The van der Waals surface area contributed by atoms with E-state index in [-0.39, 0.29) is 29.7 Å². The molecule has 0 saturated heterocycles. The van der Waals surface area contributed by atoms with Crippen LogP contribution in [0.5, 0.6) is 0 Å². The summed E-state index contributed by atoms with van der Waals surface area (Å²) in [5.41, 5.74) is 9.27. The predicted octanol–water partition coefficient (Wildman–Crippen LogP) is 15.1. The van der Waals surface area contributed by atoms with Gasteiger partial charge in [0.15, 0.2) is 0 Å². The van der Waals surface area contributed by atoms with Gasteiger partial charge in [-0.1, -0.05) is 152 Å².